The first kappa shape index (κ1) is 16.0. The number of hydrogen-bond donors (Lipinski definition) is 1. The maximum absolute atomic E-state index is 12.1. The normalized spacial score (nSPS) is 12.4. The predicted molar refractivity (Wildman–Crippen MR) is 88.9 cm³/mol. The van der Waals surface area contributed by atoms with Crippen molar-refractivity contribution in [2.75, 3.05) is 20.6 Å². The van der Waals surface area contributed by atoms with Crippen LogP contribution in [0.2, 0.25) is 5.02 Å². The van der Waals surface area contributed by atoms with Gasteiger partial charge in [-0.05, 0) is 37.2 Å². The monoisotopic (exact) mass is 322 g/mol. The van der Waals surface area contributed by atoms with Gasteiger partial charge in [-0.25, -0.2) is 0 Å². The quantitative estimate of drug-likeness (QED) is 0.884. The molecule has 2 rings (SSSR count). The fourth-order valence-corrected chi connectivity index (χ4v) is 3.23. The minimum Gasteiger partial charge on any atom is -0.354 e. The zero-order valence-electron chi connectivity index (χ0n) is 12.2. The van der Waals surface area contributed by atoms with E-state index in [1.54, 1.807) is 17.4 Å². The molecule has 5 heteroatoms. The first-order valence-corrected chi connectivity index (χ1v) is 8.03. The molecule has 0 saturated heterocycles. The number of carbonyl (C=O) groups is 1. The second kappa shape index (κ2) is 7.59. The summed E-state index contributed by atoms with van der Waals surface area (Å²) in [5.41, 5.74) is 0.856. The molecule has 1 aromatic heterocycles. The van der Waals surface area contributed by atoms with E-state index in [0.29, 0.717) is 18.0 Å². The Morgan fingerprint density at radius 3 is 2.67 bits per heavy atom. The molecule has 2 aromatic rings. The first-order chi connectivity index (χ1) is 10.1. The van der Waals surface area contributed by atoms with Crippen molar-refractivity contribution < 1.29 is 4.79 Å². The number of thiophene rings is 1. The van der Waals surface area contributed by atoms with Gasteiger partial charge in [0, 0.05) is 16.4 Å². The van der Waals surface area contributed by atoms with Crippen LogP contribution < -0.4 is 5.32 Å². The van der Waals surface area contributed by atoms with Crippen molar-refractivity contribution in [2.45, 2.75) is 12.5 Å². The molecule has 1 amide bonds. The molecule has 0 aliphatic carbocycles. The van der Waals surface area contributed by atoms with Gasteiger partial charge in [0.25, 0.3) is 0 Å². The molecule has 1 heterocycles. The standard InChI is InChI=1S/C16H19ClN2OS/c1-19(2)14(15-8-5-9-21-15)11-18-16(20)10-12-6-3-4-7-13(12)17/h3-9,14H,10-11H2,1-2H3,(H,18,20). The molecule has 112 valence electrons. The molecule has 0 aliphatic rings. The maximum atomic E-state index is 12.1. The molecule has 1 N–H and O–H groups in total. The number of nitrogens with zero attached hydrogens (tertiary/aromatic N) is 1. The van der Waals surface area contributed by atoms with Crippen LogP contribution >= 0.6 is 22.9 Å². The number of halogens is 1. The van der Waals surface area contributed by atoms with Crippen molar-refractivity contribution in [1.29, 1.82) is 0 Å². The Morgan fingerprint density at radius 2 is 2.05 bits per heavy atom. The second-order valence-corrected chi connectivity index (χ2v) is 6.45. The third-order valence-corrected chi connectivity index (χ3v) is 4.64. The van der Waals surface area contributed by atoms with Gasteiger partial charge in [0.1, 0.15) is 0 Å². The van der Waals surface area contributed by atoms with Gasteiger partial charge < -0.3 is 10.2 Å². The molecule has 0 bridgehead atoms. The molecule has 0 spiro atoms. The van der Waals surface area contributed by atoms with Crippen LogP contribution in [0.15, 0.2) is 41.8 Å². The molecule has 3 nitrogen and oxygen atoms in total. The summed E-state index contributed by atoms with van der Waals surface area (Å²) in [7, 11) is 4.04. The summed E-state index contributed by atoms with van der Waals surface area (Å²) in [6.45, 7) is 0.594. The van der Waals surface area contributed by atoms with E-state index < -0.39 is 0 Å². The fourth-order valence-electron chi connectivity index (χ4n) is 2.11. The number of nitrogens with one attached hydrogen (secondary N) is 1. The van der Waals surface area contributed by atoms with Gasteiger partial charge in [-0.15, -0.1) is 11.3 Å². The van der Waals surface area contributed by atoms with Gasteiger partial charge in [-0.3, -0.25) is 4.79 Å². The predicted octanol–water partition coefficient (Wildman–Crippen LogP) is 3.36. The smallest absolute Gasteiger partial charge is 0.224 e. The highest BCUT2D eigenvalue weighted by Crippen LogP contribution is 2.22. The van der Waals surface area contributed by atoms with Crippen molar-refractivity contribution in [3.63, 3.8) is 0 Å². The van der Waals surface area contributed by atoms with Gasteiger partial charge in [0.05, 0.1) is 12.5 Å². The molecule has 1 aromatic carbocycles. The van der Waals surface area contributed by atoms with Crippen LogP contribution in [0.4, 0.5) is 0 Å². The lowest BCUT2D eigenvalue weighted by Crippen LogP contribution is -2.34. The van der Waals surface area contributed by atoms with E-state index in [-0.39, 0.29) is 11.9 Å². The first-order valence-electron chi connectivity index (χ1n) is 6.78. The summed E-state index contributed by atoms with van der Waals surface area (Å²) >= 11 is 7.78. The summed E-state index contributed by atoms with van der Waals surface area (Å²) in [5.74, 6) is -0.00786. The van der Waals surface area contributed by atoms with Crippen LogP contribution in [0.1, 0.15) is 16.5 Å². The lowest BCUT2D eigenvalue weighted by atomic mass is 10.1. The zero-order valence-corrected chi connectivity index (χ0v) is 13.7. The topological polar surface area (TPSA) is 32.3 Å². The Morgan fingerprint density at radius 1 is 1.29 bits per heavy atom. The zero-order chi connectivity index (χ0) is 15.2. The maximum Gasteiger partial charge on any atom is 0.224 e. The summed E-state index contributed by atoms with van der Waals surface area (Å²) in [4.78, 5) is 15.4. The summed E-state index contributed by atoms with van der Waals surface area (Å²) in [6, 6.07) is 11.8. The largest absolute Gasteiger partial charge is 0.354 e. The Balaban J connectivity index is 1.92. The third kappa shape index (κ3) is 4.56. The van der Waals surface area contributed by atoms with Crippen molar-refractivity contribution in [3.05, 3.63) is 57.2 Å². The molecule has 1 unspecified atom stereocenters. The second-order valence-electron chi connectivity index (χ2n) is 5.07. The lowest BCUT2D eigenvalue weighted by Gasteiger charge is -2.23. The Bertz CT molecular complexity index is 584. The van der Waals surface area contributed by atoms with Crippen molar-refractivity contribution in [3.8, 4) is 0 Å². The number of benzene rings is 1. The average molecular weight is 323 g/mol. The Labute approximate surface area is 134 Å². The van der Waals surface area contributed by atoms with Gasteiger partial charge in [0.2, 0.25) is 5.91 Å². The van der Waals surface area contributed by atoms with Crippen LogP contribution in [-0.4, -0.2) is 31.4 Å². The molecule has 21 heavy (non-hydrogen) atoms. The molecule has 0 radical (unpaired) electrons. The van der Waals surface area contributed by atoms with E-state index >= 15 is 0 Å². The summed E-state index contributed by atoms with van der Waals surface area (Å²) < 4.78 is 0. The van der Waals surface area contributed by atoms with E-state index in [4.69, 9.17) is 11.6 Å². The summed E-state index contributed by atoms with van der Waals surface area (Å²) in [5, 5.41) is 5.68. The van der Waals surface area contributed by atoms with E-state index in [9.17, 15) is 4.79 Å². The number of carbonyl (C=O) groups excluding carboxylic acids is 1. The van der Waals surface area contributed by atoms with Crippen LogP contribution in [0.5, 0.6) is 0 Å². The molecule has 1 atom stereocenters. The van der Waals surface area contributed by atoms with E-state index in [1.807, 2.05) is 38.4 Å². The Kier molecular flexibility index (Phi) is 5.79. The molecular formula is C16H19ClN2OS. The number of amides is 1. The van der Waals surface area contributed by atoms with Crippen molar-refractivity contribution >= 4 is 28.8 Å². The highest BCUT2D eigenvalue weighted by Gasteiger charge is 2.16. The van der Waals surface area contributed by atoms with Crippen LogP contribution in [0.25, 0.3) is 0 Å². The highest BCUT2D eigenvalue weighted by molar-refractivity contribution is 7.10. The number of rotatable bonds is 6. The van der Waals surface area contributed by atoms with Gasteiger partial charge >= 0.3 is 0 Å². The van der Waals surface area contributed by atoms with Gasteiger partial charge in [-0.2, -0.15) is 0 Å². The third-order valence-electron chi connectivity index (χ3n) is 3.30. The molecule has 0 aliphatic heterocycles. The number of hydrogen-bond acceptors (Lipinski definition) is 3. The number of likely N-dealkylation sites (N-methyl/N-ethyl adjacent to an activating group) is 1. The van der Waals surface area contributed by atoms with Crippen LogP contribution in [-0.2, 0) is 11.2 Å². The van der Waals surface area contributed by atoms with E-state index in [1.165, 1.54) is 4.88 Å². The molecule has 0 fully saturated rings. The van der Waals surface area contributed by atoms with Crippen molar-refractivity contribution in [2.24, 2.45) is 0 Å². The van der Waals surface area contributed by atoms with Gasteiger partial charge in [-0.1, -0.05) is 35.9 Å². The highest BCUT2D eigenvalue weighted by atomic mass is 35.5. The summed E-state index contributed by atoms with van der Waals surface area (Å²) in [6.07, 6.45) is 0.310. The van der Waals surface area contributed by atoms with E-state index in [2.05, 4.69) is 21.7 Å². The lowest BCUT2D eigenvalue weighted by molar-refractivity contribution is -0.120. The van der Waals surface area contributed by atoms with E-state index in [0.717, 1.165) is 5.56 Å². The van der Waals surface area contributed by atoms with Gasteiger partial charge in [0.15, 0.2) is 0 Å². The molecule has 0 saturated carbocycles. The fraction of sp³-hybridized carbons (Fsp3) is 0.312. The minimum atomic E-state index is -0.00786. The van der Waals surface area contributed by atoms with Crippen LogP contribution in [0.3, 0.4) is 0 Å². The van der Waals surface area contributed by atoms with Crippen molar-refractivity contribution in [1.82, 2.24) is 10.2 Å². The average Bonchev–Trinajstić information content (AvgIpc) is 2.95. The molecular weight excluding hydrogens is 304 g/mol. The SMILES string of the molecule is CN(C)C(CNC(=O)Cc1ccccc1Cl)c1cccs1. The Hall–Kier alpha value is -1.36. The van der Waals surface area contributed by atoms with Crippen LogP contribution in [0, 0.1) is 0 Å². The minimum absolute atomic E-state index is 0.00786.